The number of hydrogen-bond acceptors (Lipinski definition) is 2. The van der Waals surface area contributed by atoms with E-state index in [0.717, 1.165) is 66.9 Å². The maximum absolute atomic E-state index is 6.67. The van der Waals surface area contributed by atoms with E-state index in [1.54, 1.807) is 0 Å². The Bertz CT molecular complexity index is 3550. The van der Waals surface area contributed by atoms with Crippen LogP contribution in [0.15, 0.2) is 247 Å². The number of nitrogens with zero attached hydrogens (tertiary/aromatic N) is 2. The second kappa shape index (κ2) is 15.3. The average Bonchev–Trinajstić information content (AvgIpc) is 3.91. The van der Waals surface area contributed by atoms with Crippen LogP contribution < -0.4 is 4.90 Å². The first-order valence-electron chi connectivity index (χ1n) is 21.5. The van der Waals surface area contributed by atoms with Crippen LogP contribution in [-0.2, 0) is 0 Å². The predicted molar refractivity (Wildman–Crippen MR) is 264 cm³/mol. The van der Waals surface area contributed by atoms with Gasteiger partial charge in [0.2, 0.25) is 0 Å². The van der Waals surface area contributed by atoms with Gasteiger partial charge in [0.1, 0.15) is 11.2 Å². The first-order valence-corrected chi connectivity index (χ1v) is 21.5. The Morgan fingerprint density at radius 2 is 0.746 bits per heavy atom. The van der Waals surface area contributed by atoms with Crippen molar-refractivity contribution in [2.24, 2.45) is 0 Å². The van der Waals surface area contributed by atoms with Gasteiger partial charge in [-0.1, -0.05) is 182 Å². The van der Waals surface area contributed by atoms with E-state index in [-0.39, 0.29) is 0 Å². The summed E-state index contributed by atoms with van der Waals surface area (Å²) >= 11 is 0. The van der Waals surface area contributed by atoms with Gasteiger partial charge in [-0.25, -0.2) is 0 Å². The minimum absolute atomic E-state index is 0.850. The molecule has 3 nitrogen and oxygen atoms in total. The summed E-state index contributed by atoms with van der Waals surface area (Å²) in [5.41, 5.74) is 17.7. The Morgan fingerprint density at radius 1 is 0.302 bits per heavy atom. The lowest BCUT2D eigenvalue weighted by Crippen LogP contribution is -2.10. The van der Waals surface area contributed by atoms with Crippen LogP contribution in [0.1, 0.15) is 0 Å². The van der Waals surface area contributed by atoms with Crippen molar-refractivity contribution in [2.45, 2.75) is 0 Å². The zero-order valence-corrected chi connectivity index (χ0v) is 34.4. The number of para-hydroxylation sites is 4. The third-order valence-electron chi connectivity index (χ3n) is 12.4. The van der Waals surface area contributed by atoms with E-state index in [0.29, 0.717) is 0 Å². The Kier molecular flexibility index (Phi) is 8.83. The molecule has 0 saturated carbocycles. The standard InChI is InChI=1S/C60H40N2O/c1-3-17-41(18-4-1)48-21-7-8-22-49(48)43-31-35-45(36-32-43)61(47-39-54(42-19-5-2-6-20-42)60-53-26-12-16-30-58(53)63-59(60)40-47)46-37-33-44(34-38-46)50-23-9-13-27-55(50)62-56-28-14-10-24-51(56)52-25-11-15-29-57(52)62/h1-40H. The minimum atomic E-state index is 0.850. The van der Waals surface area contributed by atoms with Crippen molar-refractivity contribution in [3.8, 4) is 50.2 Å². The first kappa shape index (κ1) is 36.5. The molecule has 0 amide bonds. The van der Waals surface area contributed by atoms with Crippen LogP contribution in [-0.4, -0.2) is 4.57 Å². The van der Waals surface area contributed by atoms with Crippen LogP contribution in [0.5, 0.6) is 0 Å². The molecule has 10 aromatic carbocycles. The van der Waals surface area contributed by atoms with Gasteiger partial charge in [-0.15, -0.1) is 0 Å². The molecule has 0 aliphatic rings. The maximum Gasteiger partial charge on any atom is 0.138 e. The topological polar surface area (TPSA) is 21.3 Å². The molecule has 0 aliphatic heterocycles. The number of hydrogen-bond donors (Lipinski definition) is 0. The fourth-order valence-corrected chi connectivity index (χ4v) is 9.54. The summed E-state index contributed by atoms with van der Waals surface area (Å²) in [6.07, 6.45) is 0. The summed E-state index contributed by atoms with van der Waals surface area (Å²) in [5, 5.41) is 4.72. The Morgan fingerprint density at radius 3 is 1.35 bits per heavy atom. The summed E-state index contributed by atoms with van der Waals surface area (Å²) in [4.78, 5) is 2.36. The van der Waals surface area contributed by atoms with Gasteiger partial charge in [-0.05, 0) is 93.5 Å². The molecule has 3 heteroatoms. The number of fused-ring (bicyclic) bond motifs is 6. The molecule has 0 radical (unpaired) electrons. The summed E-state index contributed by atoms with van der Waals surface area (Å²) in [6.45, 7) is 0. The van der Waals surface area contributed by atoms with Crippen LogP contribution in [0.2, 0.25) is 0 Å². The maximum atomic E-state index is 6.67. The molecule has 12 rings (SSSR count). The smallest absolute Gasteiger partial charge is 0.138 e. The average molecular weight is 805 g/mol. The van der Waals surface area contributed by atoms with Crippen molar-refractivity contribution in [3.05, 3.63) is 243 Å². The van der Waals surface area contributed by atoms with Crippen LogP contribution in [0.4, 0.5) is 17.1 Å². The first-order chi connectivity index (χ1) is 31.3. The van der Waals surface area contributed by atoms with Gasteiger partial charge < -0.3 is 13.9 Å². The predicted octanol–water partition coefficient (Wildman–Crippen LogP) is 16.8. The zero-order chi connectivity index (χ0) is 41.7. The SMILES string of the molecule is c1ccc(-c2ccccc2-c2ccc(N(c3ccc(-c4ccccc4-n4c5ccccc5c5ccccc54)cc3)c3cc(-c4ccccc4)c4c(c3)oc3ccccc34)cc2)cc1. The van der Waals surface area contributed by atoms with Gasteiger partial charge in [0, 0.05) is 44.5 Å². The summed E-state index contributed by atoms with van der Waals surface area (Å²) < 4.78 is 9.07. The lowest BCUT2D eigenvalue weighted by molar-refractivity contribution is 0.669. The van der Waals surface area contributed by atoms with E-state index < -0.39 is 0 Å². The highest BCUT2D eigenvalue weighted by Crippen LogP contribution is 2.45. The largest absolute Gasteiger partial charge is 0.456 e. The van der Waals surface area contributed by atoms with Crippen LogP contribution >= 0.6 is 0 Å². The van der Waals surface area contributed by atoms with Crippen molar-refractivity contribution in [3.63, 3.8) is 0 Å². The lowest BCUT2D eigenvalue weighted by atomic mass is 9.94. The van der Waals surface area contributed by atoms with Gasteiger partial charge in [-0.2, -0.15) is 0 Å². The summed E-state index contributed by atoms with van der Waals surface area (Å²) in [7, 11) is 0. The number of furan rings is 1. The molecule has 0 bridgehead atoms. The number of benzene rings is 10. The van der Waals surface area contributed by atoms with Crippen molar-refractivity contribution in [2.75, 3.05) is 4.90 Å². The minimum Gasteiger partial charge on any atom is -0.456 e. The molecule has 0 fully saturated rings. The molecule has 0 aliphatic carbocycles. The van der Waals surface area contributed by atoms with Gasteiger partial charge in [0.15, 0.2) is 0 Å². The highest BCUT2D eigenvalue weighted by atomic mass is 16.3. The summed E-state index contributed by atoms with van der Waals surface area (Å²) in [5.74, 6) is 0. The van der Waals surface area contributed by atoms with E-state index in [1.807, 2.05) is 6.07 Å². The molecule has 296 valence electrons. The molecular weight excluding hydrogens is 765 g/mol. The second-order valence-corrected chi connectivity index (χ2v) is 16.1. The molecular formula is C60H40N2O. The van der Waals surface area contributed by atoms with E-state index >= 15 is 0 Å². The van der Waals surface area contributed by atoms with Crippen molar-refractivity contribution in [1.29, 1.82) is 0 Å². The quantitative estimate of drug-likeness (QED) is 0.153. The third kappa shape index (κ3) is 6.29. The molecule has 0 saturated heterocycles. The highest BCUT2D eigenvalue weighted by molar-refractivity contribution is 6.14. The Labute approximate surface area is 366 Å². The van der Waals surface area contributed by atoms with E-state index in [2.05, 4.69) is 246 Å². The highest BCUT2D eigenvalue weighted by Gasteiger charge is 2.21. The molecule has 63 heavy (non-hydrogen) atoms. The summed E-state index contributed by atoms with van der Waals surface area (Å²) in [6, 6.07) is 87.0. The van der Waals surface area contributed by atoms with Gasteiger partial charge in [0.25, 0.3) is 0 Å². The molecule has 12 aromatic rings. The normalized spacial score (nSPS) is 11.5. The third-order valence-corrected chi connectivity index (χ3v) is 12.4. The van der Waals surface area contributed by atoms with Crippen molar-refractivity contribution in [1.82, 2.24) is 4.57 Å². The number of anilines is 3. The molecule has 0 unspecified atom stereocenters. The fourth-order valence-electron chi connectivity index (χ4n) is 9.54. The Hall–Kier alpha value is -8.40. The number of rotatable bonds is 8. The van der Waals surface area contributed by atoms with Crippen LogP contribution in [0.25, 0.3) is 93.9 Å². The van der Waals surface area contributed by atoms with Crippen LogP contribution in [0.3, 0.4) is 0 Å². The van der Waals surface area contributed by atoms with Gasteiger partial charge in [-0.3, -0.25) is 0 Å². The van der Waals surface area contributed by atoms with Crippen LogP contribution in [0, 0.1) is 0 Å². The molecule has 0 N–H and O–H groups in total. The monoisotopic (exact) mass is 804 g/mol. The lowest BCUT2D eigenvalue weighted by Gasteiger charge is -2.27. The molecule has 2 aromatic heterocycles. The van der Waals surface area contributed by atoms with E-state index in [9.17, 15) is 0 Å². The van der Waals surface area contributed by atoms with Crippen molar-refractivity contribution < 1.29 is 4.42 Å². The molecule has 2 heterocycles. The number of aromatic nitrogens is 1. The zero-order valence-electron chi connectivity index (χ0n) is 34.4. The molecule has 0 spiro atoms. The van der Waals surface area contributed by atoms with Gasteiger partial charge >= 0.3 is 0 Å². The van der Waals surface area contributed by atoms with E-state index in [4.69, 9.17) is 4.42 Å². The van der Waals surface area contributed by atoms with Gasteiger partial charge in [0.05, 0.1) is 22.4 Å². The Balaban J connectivity index is 1.02. The van der Waals surface area contributed by atoms with Crippen molar-refractivity contribution >= 4 is 60.8 Å². The molecule has 0 atom stereocenters. The second-order valence-electron chi connectivity index (χ2n) is 16.1. The van der Waals surface area contributed by atoms with E-state index in [1.165, 1.54) is 44.1 Å². The fraction of sp³-hybridized carbons (Fsp3) is 0.